The van der Waals surface area contributed by atoms with Crippen LogP contribution in [0, 0.1) is 0 Å². The quantitative estimate of drug-likeness (QED) is 0.557. The van der Waals surface area contributed by atoms with Gasteiger partial charge in [0.05, 0.1) is 0 Å². The summed E-state index contributed by atoms with van der Waals surface area (Å²) in [5.74, 6) is 0. The lowest BCUT2D eigenvalue weighted by Gasteiger charge is -1.80. The first-order valence-electron chi connectivity index (χ1n) is 2.68. The fourth-order valence-electron chi connectivity index (χ4n) is 0.268. The largest absolute Gasteiger partial charge is 0.457 e. The lowest BCUT2D eigenvalue weighted by molar-refractivity contribution is 0.408. The Kier molecular flexibility index (Phi) is 8.46. The van der Waals surface area contributed by atoms with E-state index in [1.165, 1.54) is 0 Å². The van der Waals surface area contributed by atoms with E-state index in [-0.39, 0.29) is 0 Å². The number of rotatable bonds is 2. The molecule has 2 N–H and O–H groups in total. The Morgan fingerprint density at radius 1 is 1.10 bits per heavy atom. The van der Waals surface area contributed by atoms with E-state index in [4.69, 9.17) is 10.0 Å². The van der Waals surface area contributed by atoms with Crippen molar-refractivity contribution < 1.29 is 14.6 Å². The molecule has 1 aromatic rings. The Hall–Kier alpha value is -0.290. The van der Waals surface area contributed by atoms with Crippen molar-refractivity contribution >= 4 is 26.7 Å². The molecule has 0 radical (unpaired) electrons. The van der Waals surface area contributed by atoms with Crippen molar-refractivity contribution in [1.82, 2.24) is 0 Å². The summed E-state index contributed by atoms with van der Waals surface area (Å²) < 4.78 is 3.94. The molecule has 0 spiro atoms. The van der Waals surface area contributed by atoms with Crippen LogP contribution >= 0.6 is 11.3 Å². The third kappa shape index (κ3) is 7.71. The van der Waals surface area contributed by atoms with Crippen molar-refractivity contribution in [2.75, 3.05) is 0 Å². The molecule has 0 aliphatic heterocycles. The molecule has 0 fully saturated rings. The minimum absolute atomic E-state index is 0.406. The van der Waals surface area contributed by atoms with E-state index in [1.807, 2.05) is 22.9 Å². The van der Waals surface area contributed by atoms with Crippen molar-refractivity contribution in [2.24, 2.45) is 0 Å². The van der Waals surface area contributed by atoms with Gasteiger partial charge in [0.2, 0.25) is 0 Å². The van der Waals surface area contributed by atoms with E-state index >= 15 is 0 Å². The second kappa shape index (κ2) is 8.71. The molecule has 0 unspecified atom stereocenters. The molecule has 10 heavy (non-hydrogen) atoms. The minimum atomic E-state index is -0.406. The third-order valence-corrected chi connectivity index (χ3v) is 1.24. The van der Waals surface area contributed by atoms with Gasteiger partial charge in [0.1, 0.15) is 0 Å². The molecular weight excluding hydrogens is 150 g/mol. The monoisotopic (exact) mass is 158 g/mol. The van der Waals surface area contributed by atoms with Crippen molar-refractivity contribution in [3.05, 3.63) is 22.9 Å². The Morgan fingerprint density at radius 3 is 1.70 bits per heavy atom. The number of thiophene rings is 1. The zero-order valence-corrected chi connectivity index (χ0v) is 6.25. The second-order valence-corrected chi connectivity index (χ2v) is 2.07. The predicted octanol–water partition coefficient (Wildman–Crippen LogP) is -0.731. The zero-order valence-electron chi connectivity index (χ0n) is 5.43. The third-order valence-electron chi connectivity index (χ3n) is 0.608. The van der Waals surface area contributed by atoms with E-state index in [0.717, 1.165) is 0 Å². The summed E-state index contributed by atoms with van der Waals surface area (Å²) in [5.41, 5.74) is 0. The molecule has 0 aliphatic carbocycles. The average Bonchev–Trinajstić information content (AvgIpc) is 2.44. The fourth-order valence-corrected chi connectivity index (χ4v) is 0.721. The van der Waals surface area contributed by atoms with Crippen LogP contribution in [-0.4, -0.2) is 25.4 Å². The molecule has 6 heteroatoms. The molecule has 0 aromatic carbocycles. The van der Waals surface area contributed by atoms with Crippen LogP contribution in [0.5, 0.6) is 0 Å². The SMILES string of the molecule is OBOBO.c1ccsc1. The molecule has 3 nitrogen and oxygen atoms in total. The van der Waals surface area contributed by atoms with E-state index in [1.54, 1.807) is 11.3 Å². The summed E-state index contributed by atoms with van der Waals surface area (Å²) in [7, 11) is -0.812. The van der Waals surface area contributed by atoms with Crippen LogP contribution in [0.2, 0.25) is 0 Å². The molecule has 0 aliphatic rings. The molecule has 0 atom stereocenters. The molecule has 0 saturated heterocycles. The predicted molar refractivity (Wildman–Crippen MR) is 44.1 cm³/mol. The van der Waals surface area contributed by atoms with E-state index in [2.05, 4.69) is 4.57 Å². The fraction of sp³-hybridized carbons (Fsp3) is 0. The molecule has 0 amide bonds. The highest BCUT2D eigenvalue weighted by Gasteiger charge is 1.77. The van der Waals surface area contributed by atoms with Gasteiger partial charge in [-0.2, -0.15) is 11.3 Å². The van der Waals surface area contributed by atoms with Crippen molar-refractivity contribution in [1.29, 1.82) is 0 Å². The van der Waals surface area contributed by atoms with Crippen LogP contribution in [0.15, 0.2) is 22.9 Å². The van der Waals surface area contributed by atoms with Gasteiger partial charge in [0.25, 0.3) is 0 Å². The summed E-state index contributed by atoms with van der Waals surface area (Å²) in [6.07, 6.45) is 0. The molecular formula is C4H8B2O3S. The second-order valence-electron chi connectivity index (χ2n) is 1.26. The summed E-state index contributed by atoms with van der Waals surface area (Å²) in [4.78, 5) is 0. The highest BCUT2D eigenvalue weighted by Crippen LogP contribution is 1.91. The van der Waals surface area contributed by atoms with Gasteiger partial charge in [-0.15, -0.1) is 0 Å². The van der Waals surface area contributed by atoms with E-state index in [0.29, 0.717) is 0 Å². The van der Waals surface area contributed by atoms with Crippen LogP contribution < -0.4 is 0 Å². The molecule has 1 rings (SSSR count). The smallest absolute Gasteiger partial charge is 0.421 e. The Morgan fingerprint density at radius 2 is 1.60 bits per heavy atom. The maximum atomic E-state index is 7.68. The summed E-state index contributed by atoms with van der Waals surface area (Å²) >= 11 is 1.71. The topological polar surface area (TPSA) is 49.7 Å². The van der Waals surface area contributed by atoms with Gasteiger partial charge in [-0.25, -0.2) is 0 Å². The van der Waals surface area contributed by atoms with Gasteiger partial charge < -0.3 is 14.6 Å². The lowest BCUT2D eigenvalue weighted by atomic mass is 10.3. The summed E-state index contributed by atoms with van der Waals surface area (Å²) in [6, 6.07) is 4.04. The van der Waals surface area contributed by atoms with Crippen LogP contribution in [-0.2, 0) is 4.57 Å². The van der Waals surface area contributed by atoms with Crippen LogP contribution in [0.4, 0.5) is 0 Å². The van der Waals surface area contributed by atoms with Crippen molar-refractivity contribution in [3.8, 4) is 0 Å². The highest BCUT2D eigenvalue weighted by molar-refractivity contribution is 7.07. The number of hydrogen-bond acceptors (Lipinski definition) is 4. The summed E-state index contributed by atoms with van der Waals surface area (Å²) in [5, 5.41) is 19.5. The Bertz CT molecular complexity index is 105. The first-order valence-corrected chi connectivity index (χ1v) is 3.62. The molecule has 0 bridgehead atoms. The van der Waals surface area contributed by atoms with Crippen LogP contribution in [0.1, 0.15) is 0 Å². The lowest BCUT2D eigenvalue weighted by Crippen LogP contribution is -2.00. The van der Waals surface area contributed by atoms with Crippen LogP contribution in [0.3, 0.4) is 0 Å². The number of hydrogen-bond donors (Lipinski definition) is 2. The molecule has 54 valence electrons. The highest BCUT2D eigenvalue weighted by atomic mass is 32.1. The first kappa shape index (κ1) is 9.71. The maximum absolute atomic E-state index is 7.68. The molecule has 1 heterocycles. The van der Waals surface area contributed by atoms with Crippen molar-refractivity contribution in [3.63, 3.8) is 0 Å². The first-order chi connectivity index (χ1) is 4.91. The average molecular weight is 158 g/mol. The van der Waals surface area contributed by atoms with Gasteiger partial charge in [0.15, 0.2) is 0 Å². The zero-order chi connectivity index (χ0) is 7.66. The van der Waals surface area contributed by atoms with Gasteiger partial charge >= 0.3 is 15.4 Å². The van der Waals surface area contributed by atoms with E-state index in [9.17, 15) is 0 Å². The minimum Gasteiger partial charge on any atom is -0.457 e. The van der Waals surface area contributed by atoms with Gasteiger partial charge in [-0.05, 0) is 10.8 Å². The van der Waals surface area contributed by atoms with Crippen LogP contribution in [0.25, 0.3) is 0 Å². The Labute approximate surface area is 64.9 Å². The molecule has 1 aromatic heterocycles. The normalized spacial score (nSPS) is 7.40. The maximum Gasteiger partial charge on any atom is 0.421 e. The standard InChI is InChI=1S/C4H4S.B2H4O3/c1-2-4-5-3-1;3-1-5-2-4/h2*1-4H. The molecule has 0 saturated carbocycles. The van der Waals surface area contributed by atoms with E-state index < -0.39 is 15.4 Å². The summed E-state index contributed by atoms with van der Waals surface area (Å²) in [6.45, 7) is 0. The Balaban J connectivity index is 0.000000162. The van der Waals surface area contributed by atoms with Gasteiger partial charge in [-0.1, -0.05) is 12.1 Å². The van der Waals surface area contributed by atoms with Gasteiger partial charge in [0, 0.05) is 0 Å². The van der Waals surface area contributed by atoms with Crippen molar-refractivity contribution in [2.45, 2.75) is 0 Å². The van der Waals surface area contributed by atoms with Gasteiger partial charge in [-0.3, -0.25) is 0 Å².